The molecule has 4 nitrogen and oxygen atoms in total. The molecule has 1 aromatic rings. The van der Waals surface area contributed by atoms with Gasteiger partial charge in [0.2, 0.25) is 0 Å². The molecule has 0 saturated carbocycles. The van der Waals surface area contributed by atoms with Gasteiger partial charge in [0.25, 0.3) is 0 Å². The summed E-state index contributed by atoms with van der Waals surface area (Å²) in [7, 11) is 2.16. The molecule has 102 valence electrons. The number of hydrogen-bond acceptors (Lipinski definition) is 4. The van der Waals surface area contributed by atoms with Crippen molar-refractivity contribution in [3.05, 3.63) is 18.1 Å². The van der Waals surface area contributed by atoms with Gasteiger partial charge < -0.3 is 10.2 Å². The average molecular weight is 250 g/mol. The molecule has 0 aliphatic heterocycles. The smallest absolute Gasteiger partial charge is 0.129 e. The van der Waals surface area contributed by atoms with Crippen LogP contribution in [0.1, 0.15) is 45.7 Å². The van der Waals surface area contributed by atoms with Gasteiger partial charge in [0.05, 0.1) is 0 Å². The lowest BCUT2D eigenvalue weighted by Crippen LogP contribution is -2.30. The van der Waals surface area contributed by atoms with E-state index in [0.717, 1.165) is 31.0 Å². The fourth-order valence-corrected chi connectivity index (χ4v) is 1.73. The number of hydrogen-bond donors (Lipinski definition) is 1. The average Bonchev–Trinajstić information content (AvgIpc) is 2.38. The summed E-state index contributed by atoms with van der Waals surface area (Å²) >= 11 is 0. The Kier molecular flexibility index (Phi) is 6.05. The molecule has 0 saturated heterocycles. The molecule has 1 atom stereocenters. The molecule has 18 heavy (non-hydrogen) atoms. The number of nitrogens with one attached hydrogen (secondary N) is 1. The molecule has 1 N–H and O–H groups in total. The first-order chi connectivity index (χ1) is 8.54. The van der Waals surface area contributed by atoms with E-state index in [-0.39, 0.29) is 0 Å². The molecule has 1 unspecified atom stereocenters. The Morgan fingerprint density at radius 1 is 1.28 bits per heavy atom. The van der Waals surface area contributed by atoms with Crippen molar-refractivity contribution in [3.8, 4) is 0 Å². The van der Waals surface area contributed by atoms with Crippen molar-refractivity contribution < 1.29 is 0 Å². The Bertz CT molecular complexity index is 351. The van der Waals surface area contributed by atoms with Gasteiger partial charge >= 0.3 is 0 Å². The molecule has 1 heterocycles. The van der Waals surface area contributed by atoms with Crippen LogP contribution in [-0.4, -0.2) is 41.0 Å². The molecular formula is C14H26N4. The van der Waals surface area contributed by atoms with Crippen molar-refractivity contribution in [1.82, 2.24) is 14.9 Å². The van der Waals surface area contributed by atoms with E-state index in [1.165, 1.54) is 0 Å². The molecule has 0 aromatic carbocycles. The minimum atomic E-state index is 0.443. The van der Waals surface area contributed by atoms with Crippen LogP contribution in [-0.2, 0) is 0 Å². The highest BCUT2D eigenvalue weighted by Gasteiger charge is 2.07. The number of rotatable bonds is 7. The van der Waals surface area contributed by atoms with Crippen LogP contribution in [0.3, 0.4) is 0 Å². The van der Waals surface area contributed by atoms with Gasteiger partial charge in [-0.05, 0) is 32.9 Å². The Morgan fingerprint density at radius 3 is 2.61 bits per heavy atom. The first-order valence-electron chi connectivity index (χ1n) is 6.80. The van der Waals surface area contributed by atoms with Crippen LogP contribution < -0.4 is 5.32 Å². The van der Waals surface area contributed by atoms with Crippen LogP contribution in [0.25, 0.3) is 0 Å². The van der Waals surface area contributed by atoms with E-state index in [1.807, 2.05) is 6.07 Å². The van der Waals surface area contributed by atoms with E-state index < -0.39 is 0 Å². The van der Waals surface area contributed by atoms with Gasteiger partial charge in [0.1, 0.15) is 12.1 Å². The fourth-order valence-electron chi connectivity index (χ4n) is 1.73. The summed E-state index contributed by atoms with van der Waals surface area (Å²) in [6, 6.07) is 2.63. The Balaban J connectivity index is 2.42. The largest absolute Gasteiger partial charge is 0.370 e. The molecule has 4 heteroatoms. The normalized spacial score (nSPS) is 13.1. The highest BCUT2D eigenvalue weighted by atomic mass is 15.1. The Hall–Kier alpha value is -1.16. The highest BCUT2D eigenvalue weighted by molar-refractivity contribution is 5.35. The van der Waals surface area contributed by atoms with Crippen molar-refractivity contribution in [2.24, 2.45) is 0 Å². The number of nitrogens with zero attached hydrogens (tertiary/aromatic N) is 3. The summed E-state index contributed by atoms with van der Waals surface area (Å²) in [5, 5.41) is 3.37. The van der Waals surface area contributed by atoms with Crippen LogP contribution in [0.15, 0.2) is 12.4 Å². The monoisotopic (exact) mass is 250 g/mol. The third-order valence-electron chi connectivity index (χ3n) is 3.40. The second kappa shape index (κ2) is 7.31. The first-order valence-corrected chi connectivity index (χ1v) is 6.80. The van der Waals surface area contributed by atoms with Gasteiger partial charge in [-0.15, -0.1) is 0 Å². The molecule has 0 fully saturated rings. The molecule has 0 radical (unpaired) electrons. The van der Waals surface area contributed by atoms with Gasteiger partial charge in [-0.2, -0.15) is 0 Å². The van der Waals surface area contributed by atoms with Crippen molar-refractivity contribution in [3.63, 3.8) is 0 Å². The minimum Gasteiger partial charge on any atom is -0.370 e. The van der Waals surface area contributed by atoms with Gasteiger partial charge in [-0.1, -0.05) is 20.8 Å². The summed E-state index contributed by atoms with van der Waals surface area (Å²) in [4.78, 5) is 10.9. The summed E-state index contributed by atoms with van der Waals surface area (Å²) in [5.74, 6) is 1.37. The second-order valence-corrected chi connectivity index (χ2v) is 5.12. The summed E-state index contributed by atoms with van der Waals surface area (Å²) in [5.41, 5.74) is 1.09. The molecule has 0 aliphatic carbocycles. The van der Waals surface area contributed by atoms with Crippen LogP contribution >= 0.6 is 0 Å². The minimum absolute atomic E-state index is 0.443. The predicted molar refractivity (Wildman–Crippen MR) is 77.0 cm³/mol. The Morgan fingerprint density at radius 2 is 2.00 bits per heavy atom. The van der Waals surface area contributed by atoms with Gasteiger partial charge in [-0.3, -0.25) is 0 Å². The quantitative estimate of drug-likeness (QED) is 0.808. The van der Waals surface area contributed by atoms with Crippen LogP contribution in [0.4, 0.5) is 5.82 Å². The standard InChI is InChI=1S/C14H26N4/c1-6-18(5)12(4)7-8-15-14-9-13(11(2)3)16-10-17-14/h9-12H,6-8H2,1-5H3,(H,15,16,17). The molecule has 0 aliphatic rings. The third-order valence-corrected chi connectivity index (χ3v) is 3.40. The maximum atomic E-state index is 4.26. The maximum Gasteiger partial charge on any atom is 0.129 e. The number of anilines is 1. The van der Waals surface area contributed by atoms with E-state index in [1.54, 1.807) is 6.33 Å². The SMILES string of the molecule is CCN(C)C(C)CCNc1cc(C(C)C)ncn1. The molecule has 0 amide bonds. The fraction of sp³-hybridized carbons (Fsp3) is 0.714. The van der Waals surface area contributed by atoms with Crippen molar-refractivity contribution in [1.29, 1.82) is 0 Å². The van der Waals surface area contributed by atoms with E-state index in [4.69, 9.17) is 0 Å². The second-order valence-electron chi connectivity index (χ2n) is 5.12. The lowest BCUT2D eigenvalue weighted by molar-refractivity contribution is 0.263. The lowest BCUT2D eigenvalue weighted by Gasteiger charge is -2.23. The number of aromatic nitrogens is 2. The van der Waals surface area contributed by atoms with E-state index >= 15 is 0 Å². The van der Waals surface area contributed by atoms with Crippen LogP contribution in [0, 0.1) is 0 Å². The van der Waals surface area contributed by atoms with Crippen LogP contribution in [0.5, 0.6) is 0 Å². The van der Waals surface area contributed by atoms with Gasteiger partial charge in [0.15, 0.2) is 0 Å². The topological polar surface area (TPSA) is 41.0 Å². The third kappa shape index (κ3) is 4.61. The summed E-state index contributed by atoms with van der Waals surface area (Å²) in [6.07, 6.45) is 2.75. The van der Waals surface area contributed by atoms with Crippen molar-refractivity contribution in [2.45, 2.75) is 46.1 Å². The molecule has 1 rings (SSSR count). The van der Waals surface area contributed by atoms with Crippen molar-refractivity contribution >= 4 is 5.82 Å². The highest BCUT2D eigenvalue weighted by Crippen LogP contribution is 2.13. The molecular weight excluding hydrogens is 224 g/mol. The Labute approximate surface area is 111 Å². The van der Waals surface area contributed by atoms with Crippen LogP contribution in [0.2, 0.25) is 0 Å². The van der Waals surface area contributed by atoms with Gasteiger partial charge in [0, 0.05) is 24.3 Å². The lowest BCUT2D eigenvalue weighted by atomic mass is 10.1. The zero-order chi connectivity index (χ0) is 13.5. The van der Waals surface area contributed by atoms with E-state index in [0.29, 0.717) is 12.0 Å². The van der Waals surface area contributed by atoms with E-state index in [2.05, 4.69) is 54.9 Å². The van der Waals surface area contributed by atoms with E-state index in [9.17, 15) is 0 Å². The maximum absolute atomic E-state index is 4.26. The predicted octanol–water partition coefficient (Wildman–Crippen LogP) is 2.74. The zero-order valence-corrected chi connectivity index (χ0v) is 12.3. The molecule has 1 aromatic heterocycles. The van der Waals surface area contributed by atoms with Gasteiger partial charge in [-0.25, -0.2) is 9.97 Å². The summed E-state index contributed by atoms with van der Waals surface area (Å²) < 4.78 is 0. The first kappa shape index (κ1) is 14.9. The molecule has 0 bridgehead atoms. The zero-order valence-electron chi connectivity index (χ0n) is 12.3. The van der Waals surface area contributed by atoms with Crippen molar-refractivity contribution in [2.75, 3.05) is 25.5 Å². The molecule has 0 spiro atoms. The summed E-state index contributed by atoms with van der Waals surface area (Å²) in [6.45, 7) is 10.8.